The maximum Gasteiger partial charge on any atom is 0.0233 e. The standard InChI is InChI=1S/C4H5NS2/c6-5-3-1-2-4-7-5/h1-4,6H. The van der Waals surface area contributed by atoms with E-state index < -0.39 is 0 Å². The van der Waals surface area contributed by atoms with E-state index in [0.717, 1.165) is 0 Å². The minimum atomic E-state index is 1.55. The molecule has 0 bridgehead atoms. The van der Waals surface area contributed by atoms with Gasteiger partial charge in [-0.05, 0) is 23.4 Å². The summed E-state index contributed by atoms with van der Waals surface area (Å²) in [6.07, 6.45) is 5.79. The van der Waals surface area contributed by atoms with E-state index >= 15 is 0 Å². The van der Waals surface area contributed by atoms with E-state index in [2.05, 4.69) is 12.8 Å². The molecule has 7 heavy (non-hydrogen) atoms. The van der Waals surface area contributed by atoms with Crippen molar-refractivity contribution in [3.8, 4) is 0 Å². The van der Waals surface area contributed by atoms with Crippen LogP contribution in [0, 0.1) is 0 Å². The first kappa shape index (κ1) is 5.12. The molecule has 0 N–H and O–H groups in total. The van der Waals surface area contributed by atoms with Gasteiger partial charge in [0.1, 0.15) is 0 Å². The predicted octanol–water partition coefficient (Wildman–Crippen LogP) is 1.82. The van der Waals surface area contributed by atoms with Gasteiger partial charge in [0.2, 0.25) is 0 Å². The van der Waals surface area contributed by atoms with Crippen LogP contribution in [-0.2, 0) is 0 Å². The predicted molar refractivity (Wildman–Crippen MR) is 36.7 cm³/mol. The van der Waals surface area contributed by atoms with Gasteiger partial charge in [-0.15, -0.1) is 0 Å². The molecule has 0 atom stereocenters. The molecule has 1 heterocycles. The van der Waals surface area contributed by atoms with E-state index in [1.165, 1.54) is 0 Å². The Morgan fingerprint density at radius 2 is 2.29 bits per heavy atom. The molecular weight excluding hydrogens is 126 g/mol. The van der Waals surface area contributed by atoms with Crippen LogP contribution in [0.4, 0.5) is 0 Å². The molecule has 0 fully saturated rings. The van der Waals surface area contributed by atoms with Gasteiger partial charge >= 0.3 is 0 Å². The Kier molecular flexibility index (Phi) is 1.70. The summed E-state index contributed by atoms with van der Waals surface area (Å²) in [4.78, 5) is 0. The number of hydrogen-bond donors (Lipinski definition) is 1. The Balaban J connectivity index is 2.49. The average Bonchev–Trinajstić information content (AvgIpc) is 1.69. The van der Waals surface area contributed by atoms with Gasteiger partial charge in [-0.25, -0.2) is 0 Å². The van der Waals surface area contributed by atoms with E-state index in [1.54, 1.807) is 15.7 Å². The first-order valence-electron chi connectivity index (χ1n) is 1.88. The molecule has 0 amide bonds. The lowest BCUT2D eigenvalue weighted by Crippen LogP contribution is -1.88. The van der Waals surface area contributed by atoms with Gasteiger partial charge in [0.15, 0.2) is 0 Å². The van der Waals surface area contributed by atoms with Crippen LogP contribution in [0.25, 0.3) is 0 Å². The third-order valence-corrected chi connectivity index (χ3v) is 1.60. The number of nitrogens with zero attached hydrogens (tertiary/aromatic N) is 1. The van der Waals surface area contributed by atoms with Gasteiger partial charge in [0.25, 0.3) is 0 Å². The molecular formula is C4H5NS2. The van der Waals surface area contributed by atoms with Crippen molar-refractivity contribution >= 4 is 24.8 Å². The molecule has 0 aromatic carbocycles. The monoisotopic (exact) mass is 131 g/mol. The summed E-state index contributed by atoms with van der Waals surface area (Å²) in [6, 6.07) is 0. The molecule has 0 unspecified atom stereocenters. The Bertz CT molecular complexity index is 108. The summed E-state index contributed by atoms with van der Waals surface area (Å²) in [6.45, 7) is 0. The Morgan fingerprint density at radius 1 is 1.43 bits per heavy atom. The molecule has 1 aliphatic heterocycles. The molecule has 38 valence electrons. The summed E-state index contributed by atoms with van der Waals surface area (Å²) in [7, 11) is 0. The van der Waals surface area contributed by atoms with Crippen LogP contribution >= 0.6 is 24.8 Å². The fourth-order valence-corrected chi connectivity index (χ4v) is 0.968. The third kappa shape index (κ3) is 1.49. The van der Waals surface area contributed by atoms with Crippen molar-refractivity contribution < 1.29 is 0 Å². The van der Waals surface area contributed by atoms with Gasteiger partial charge in [0, 0.05) is 6.20 Å². The van der Waals surface area contributed by atoms with E-state index in [0.29, 0.717) is 0 Å². The highest BCUT2D eigenvalue weighted by Gasteiger charge is 1.88. The topological polar surface area (TPSA) is 3.24 Å². The summed E-state index contributed by atoms with van der Waals surface area (Å²) < 4.78 is 1.74. The van der Waals surface area contributed by atoms with Gasteiger partial charge in [-0.2, -0.15) is 0 Å². The molecule has 0 radical (unpaired) electrons. The maximum absolute atomic E-state index is 4.02. The fraction of sp³-hybridized carbons (Fsp3) is 0. The van der Waals surface area contributed by atoms with Crippen LogP contribution in [0.1, 0.15) is 0 Å². The molecule has 1 aliphatic rings. The van der Waals surface area contributed by atoms with Crippen molar-refractivity contribution in [3.63, 3.8) is 0 Å². The highest BCUT2D eigenvalue weighted by molar-refractivity contribution is 8.07. The van der Waals surface area contributed by atoms with E-state index in [4.69, 9.17) is 0 Å². The molecule has 0 saturated carbocycles. The smallest absolute Gasteiger partial charge is 0.0233 e. The van der Waals surface area contributed by atoms with Crippen LogP contribution in [0.3, 0.4) is 0 Å². The van der Waals surface area contributed by atoms with Crippen molar-refractivity contribution in [2.24, 2.45) is 0 Å². The number of allylic oxidation sites excluding steroid dienone is 2. The van der Waals surface area contributed by atoms with Gasteiger partial charge in [-0.1, -0.05) is 18.9 Å². The highest BCUT2D eigenvalue weighted by atomic mass is 32.2. The third-order valence-electron chi connectivity index (χ3n) is 0.572. The maximum atomic E-state index is 4.02. The SMILES string of the molecule is SN1C=CC=CS1. The molecule has 0 spiro atoms. The lowest BCUT2D eigenvalue weighted by atomic mass is 10.6. The van der Waals surface area contributed by atoms with Crippen molar-refractivity contribution in [1.82, 2.24) is 3.71 Å². The van der Waals surface area contributed by atoms with Crippen molar-refractivity contribution in [1.29, 1.82) is 0 Å². The zero-order valence-corrected chi connectivity index (χ0v) is 5.32. The molecule has 0 saturated heterocycles. The summed E-state index contributed by atoms with van der Waals surface area (Å²) in [5.74, 6) is 0. The lowest BCUT2D eigenvalue weighted by Gasteiger charge is -2.07. The number of hydrogen-bond acceptors (Lipinski definition) is 3. The zero-order chi connectivity index (χ0) is 5.11. The van der Waals surface area contributed by atoms with Gasteiger partial charge < -0.3 is 0 Å². The minimum absolute atomic E-state index is 1.55. The van der Waals surface area contributed by atoms with Gasteiger partial charge in [0.05, 0.1) is 0 Å². The second-order valence-corrected chi connectivity index (χ2v) is 2.66. The fourth-order valence-electron chi connectivity index (χ4n) is 0.301. The first-order valence-corrected chi connectivity index (χ1v) is 3.11. The Labute approximate surface area is 52.8 Å². The second-order valence-electron chi connectivity index (χ2n) is 1.08. The first-order chi connectivity index (χ1) is 3.39. The van der Waals surface area contributed by atoms with E-state index in [-0.39, 0.29) is 0 Å². The number of rotatable bonds is 0. The van der Waals surface area contributed by atoms with Crippen molar-refractivity contribution in [2.75, 3.05) is 0 Å². The van der Waals surface area contributed by atoms with E-state index in [1.807, 2.05) is 23.8 Å². The van der Waals surface area contributed by atoms with Crippen LogP contribution in [0.5, 0.6) is 0 Å². The van der Waals surface area contributed by atoms with E-state index in [9.17, 15) is 0 Å². The number of thiol groups is 1. The van der Waals surface area contributed by atoms with Crippen molar-refractivity contribution in [3.05, 3.63) is 23.8 Å². The second kappa shape index (κ2) is 2.33. The largest absolute Gasteiger partial charge is 0.265 e. The molecule has 1 rings (SSSR count). The van der Waals surface area contributed by atoms with Gasteiger partial charge in [-0.3, -0.25) is 3.71 Å². The lowest BCUT2D eigenvalue weighted by molar-refractivity contribution is 1.06. The summed E-state index contributed by atoms with van der Waals surface area (Å²) in [5, 5.41) is 1.97. The molecule has 0 aliphatic carbocycles. The van der Waals surface area contributed by atoms with Crippen LogP contribution in [-0.4, -0.2) is 3.71 Å². The Morgan fingerprint density at radius 3 is 2.57 bits per heavy atom. The van der Waals surface area contributed by atoms with Crippen LogP contribution in [0.2, 0.25) is 0 Å². The summed E-state index contributed by atoms with van der Waals surface area (Å²) in [5.41, 5.74) is 0. The zero-order valence-electron chi connectivity index (χ0n) is 3.61. The normalized spacial score (nSPS) is 18.1. The quantitative estimate of drug-likeness (QED) is 0.394. The minimum Gasteiger partial charge on any atom is -0.265 e. The highest BCUT2D eigenvalue weighted by Crippen LogP contribution is 2.17. The Hall–Kier alpha value is -0.0200. The molecule has 3 heteroatoms. The molecule has 1 nitrogen and oxygen atoms in total. The van der Waals surface area contributed by atoms with Crippen LogP contribution < -0.4 is 0 Å². The van der Waals surface area contributed by atoms with Crippen LogP contribution in [0.15, 0.2) is 23.8 Å². The molecule has 0 aromatic heterocycles. The average molecular weight is 131 g/mol. The summed E-state index contributed by atoms with van der Waals surface area (Å²) >= 11 is 5.57. The molecule has 0 aromatic rings. The van der Waals surface area contributed by atoms with Crippen molar-refractivity contribution in [2.45, 2.75) is 0 Å².